The maximum atomic E-state index is 14.1. The largest absolute Gasteiger partial charge is 0.491 e. The summed E-state index contributed by atoms with van der Waals surface area (Å²) in [5.41, 5.74) is 1.98. The fourth-order valence-corrected chi connectivity index (χ4v) is 6.31. The smallest absolute Gasteiger partial charge is 0.308 e. The van der Waals surface area contributed by atoms with Gasteiger partial charge in [-0.3, -0.25) is 9.21 Å². The standard InChI is InChI=1S/C26H31FN4O2S/c1-19(2)33-24-9-4-6-21(14-24)17-29-12-10-26(16-20(29)3)18-30(25-28-11-13-32-25)34-31(26)23-8-5-7-22(27)15-23/h4-9,11,13-15,19-20H,10,12,16-18H2,1-3H3/t20-,26+/m0/s1. The second kappa shape index (κ2) is 9.50. The number of hydrogen-bond acceptors (Lipinski definition) is 7. The van der Waals surface area contributed by atoms with Crippen LogP contribution in [0.15, 0.2) is 65.4 Å². The first-order valence-corrected chi connectivity index (χ1v) is 12.6. The van der Waals surface area contributed by atoms with Crippen LogP contribution in [0.4, 0.5) is 16.1 Å². The van der Waals surface area contributed by atoms with E-state index in [9.17, 15) is 4.39 Å². The molecule has 0 N–H and O–H groups in total. The molecule has 2 saturated heterocycles. The van der Waals surface area contributed by atoms with Crippen molar-refractivity contribution in [2.45, 2.75) is 57.8 Å². The van der Waals surface area contributed by atoms with Crippen molar-refractivity contribution in [2.75, 3.05) is 21.7 Å². The molecule has 0 unspecified atom stereocenters. The molecule has 0 bridgehead atoms. The van der Waals surface area contributed by atoms with E-state index < -0.39 is 0 Å². The lowest BCUT2D eigenvalue weighted by Crippen LogP contribution is -2.56. The molecule has 0 aliphatic carbocycles. The molecule has 0 radical (unpaired) electrons. The van der Waals surface area contributed by atoms with Crippen LogP contribution >= 0.6 is 12.1 Å². The van der Waals surface area contributed by atoms with E-state index in [1.54, 1.807) is 36.7 Å². The van der Waals surface area contributed by atoms with Crippen LogP contribution in [0.5, 0.6) is 5.75 Å². The van der Waals surface area contributed by atoms with Crippen molar-refractivity contribution >= 4 is 23.8 Å². The van der Waals surface area contributed by atoms with Gasteiger partial charge in [-0.05, 0) is 69.5 Å². The fourth-order valence-electron chi connectivity index (χ4n) is 5.05. The first-order chi connectivity index (χ1) is 16.4. The molecule has 0 amide bonds. The van der Waals surface area contributed by atoms with Crippen molar-refractivity contribution < 1.29 is 13.5 Å². The maximum Gasteiger partial charge on any atom is 0.308 e. The Morgan fingerprint density at radius 2 is 2.09 bits per heavy atom. The van der Waals surface area contributed by atoms with Gasteiger partial charge in [0.15, 0.2) is 0 Å². The van der Waals surface area contributed by atoms with E-state index in [0.29, 0.717) is 12.1 Å². The highest BCUT2D eigenvalue weighted by atomic mass is 32.2. The lowest BCUT2D eigenvalue weighted by Gasteiger charge is -2.47. The second-order valence-corrected chi connectivity index (χ2v) is 10.5. The Hall–Kier alpha value is -2.71. The number of aromatic nitrogens is 1. The molecular weight excluding hydrogens is 451 g/mol. The molecule has 8 heteroatoms. The summed E-state index contributed by atoms with van der Waals surface area (Å²) >= 11 is 1.56. The van der Waals surface area contributed by atoms with Crippen LogP contribution in [0, 0.1) is 5.82 Å². The van der Waals surface area contributed by atoms with E-state index in [1.807, 2.05) is 26.0 Å². The molecule has 2 aliphatic rings. The van der Waals surface area contributed by atoms with E-state index in [2.05, 4.69) is 43.6 Å². The Labute approximate surface area is 205 Å². The zero-order valence-corrected chi connectivity index (χ0v) is 20.7. The first kappa shape index (κ1) is 23.1. The summed E-state index contributed by atoms with van der Waals surface area (Å²) in [5.74, 6) is 0.691. The number of nitrogens with zero attached hydrogens (tertiary/aromatic N) is 4. The minimum atomic E-state index is -0.225. The normalized spacial score (nSPS) is 23.3. The van der Waals surface area contributed by atoms with Gasteiger partial charge in [0, 0.05) is 19.1 Å². The molecule has 6 nitrogen and oxygen atoms in total. The number of oxazole rings is 1. The van der Waals surface area contributed by atoms with E-state index in [1.165, 1.54) is 11.6 Å². The third kappa shape index (κ3) is 4.74. The number of rotatable bonds is 6. The molecule has 2 aliphatic heterocycles. The molecule has 3 aromatic rings. The number of ether oxygens (including phenoxy) is 1. The van der Waals surface area contributed by atoms with Crippen LogP contribution < -0.4 is 13.3 Å². The lowest BCUT2D eigenvalue weighted by atomic mass is 9.82. The highest BCUT2D eigenvalue weighted by Gasteiger charge is 2.51. The highest BCUT2D eigenvalue weighted by Crippen LogP contribution is 2.48. The fraction of sp³-hybridized carbons (Fsp3) is 0.423. The number of anilines is 2. The summed E-state index contributed by atoms with van der Waals surface area (Å²) in [6.07, 6.45) is 5.33. The molecule has 1 spiro atoms. The van der Waals surface area contributed by atoms with Crippen molar-refractivity contribution in [2.24, 2.45) is 0 Å². The molecule has 5 rings (SSSR count). The monoisotopic (exact) mass is 482 g/mol. The molecule has 1 aromatic heterocycles. The minimum absolute atomic E-state index is 0.147. The van der Waals surface area contributed by atoms with Crippen molar-refractivity contribution in [1.29, 1.82) is 0 Å². The molecule has 2 fully saturated rings. The minimum Gasteiger partial charge on any atom is -0.491 e. The summed E-state index contributed by atoms with van der Waals surface area (Å²) in [7, 11) is 0. The van der Waals surface area contributed by atoms with Gasteiger partial charge in [-0.2, -0.15) is 0 Å². The van der Waals surface area contributed by atoms with Crippen LogP contribution in [0.1, 0.15) is 39.2 Å². The van der Waals surface area contributed by atoms with Crippen molar-refractivity contribution in [3.05, 3.63) is 72.4 Å². The van der Waals surface area contributed by atoms with E-state index in [4.69, 9.17) is 9.15 Å². The van der Waals surface area contributed by atoms with E-state index in [0.717, 1.165) is 43.9 Å². The van der Waals surface area contributed by atoms with Gasteiger partial charge < -0.3 is 9.15 Å². The first-order valence-electron chi connectivity index (χ1n) is 11.8. The van der Waals surface area contributed by atoms with Gasteiger partial charge in [0.2, 0.25) is 0 Å². The molecule has 3 heterocycles. The van der Waals surface area contributed by atoms with Gasteiger partial charge in [-0.15, -0.1) is 0 Å². The van der Waals surface area contributed by atoms with Crippen LogP contribution in [0.3, 0.4) is 0 Å². The SMILES string of the molecule is CC(C)Oc1cccc(CN2CC[C@@]3(C[C@@H]2C)CN(c2ncco2)SN3c2cccc(F)c2)c1. The third-order valence-corrected chi connectivity index (χ3v) is 7.79. The van der Waals surface area contributed by atoms with E-state index >= 15 is 0 Å². The summed E-state index contributed by atoms with van der Waals surface area (Å²) in [6.45, 7) is 8.97. The molecule has 2 atom stereocenters. The molecular formula is C26H31FN4O2S. The second-order valence-electron chi connectivity index (χ2n) is 9.52. The molecule has 180 valence electrons. The Kier molecular flexibility index (Phi) is 6.44. The van der Waals surface area contributed by atoms with Crippen LogP contribution in [-0.2, 0) is 6.54 Å². The van der Waals surface area contributed by atoms with Crippen molar-refractivity contribution in [3.63, 3.8) is 0 Å². The number of halogens is 1. The number of hydrogen-bond donors (Lipinski definition) is 0. The summed E-state index contributed by atoms with van der Waals surface area (Å²) < 4.78 is 30.0. The number of benzene rings is 2. The summed E-state index contributed by atoms with van der Waals surface area (Å²) in [5, 5.41) is 0. The third-order valence-electron chi connectivity index (χ3n) is 6.54. The Balaban J connectivity index is 1.36. The summed E-state index contributed by atoms with van der Waals surface area (Å²) in [4.78, 5) is 6.89. The van der Waals surface area contributed by atoms with E-state index in [-0.39, 0.29) is 17.5 Å². The molecule has 2 aromatic carbocycles. The van der Waals surface area contributed by atoms with Gasteiger partial charge in [0.25, 0.3) is 0 Å². The van der Waals surface area contributed by atoms with Crippen molar-refractivity contribution in [3.8, 4) is 5.75 Å². The zero-order valence-electron chi connectivity index (χ0n) is 19.9. The van der Waals surface area contributed by atoms with Gasteiger partial charge in [-0.1, -0.05) is 18.2 Å². The van der Waals surface area contributed by atoms with Gasteiger partial charge >= 0.3 is 6.01 Å². The van der Waals surface area contributed by atoms with Crippen LogP contribution in [0.25, 0.3) is 0 Å². The summed E-state index contributed by atoms with van der Waals surface area (Å²) in [6, 6.07) is 16.2. The van der Waals surface area contributed by atoms with Crippen LogP contribution in [0.2, 0.25) is 0 Å². The predicted molar refractivity (Wildman–Crippen MR) is 134 cm³/mol. The topological polar surface area (TPSA) is 45.0 Å². The average molecular weight is 483 g/mol. The molecule has 34 heavy (non-hydrogen) atoms. The average Bonchev–Trinajstić information content (AvgIpc) is 3.44. The highest BCUT2D eigenvalue weighted by molar-refractivity contribution is 8.02. The Morgan fingerprint density at radius 3 is 2.82 bits per heavy atom. The van der Waals surface area contributed by atoms with Gasteiger partial charge in [-0.25, -0.2) is 13.7 Å². The Bertz CT molecular complexity index is 1110. The zero-order chi connectivity index (χ0) is 23.7. The van der Waals surface area contributed by atoms with Crippen LogP contribution in [-0.4, -0.2) is 40.7 Å². The molecule has 0 saturated carbocycles. The Morgan fingerprint density at radius 1 is 1.24 bits per heavy atom. The predicted octanol–water partition coefficient (Wildman–Crippen LogP) is 5.91. The maximum absolute atomic E-state index is 14.1. The lowest BCUT2D eigenvalue weighted by molar-refractivity contribution is 0.107. The quantitative estimate of drug-likeness (QED) is 0.405. The number of piperidine rings is 1. The van der Waals surface area contributed by atoms with Gasteiger partial charge in [0.1, 0.15) is 17.8 Å². The van der Waals surface area contributed by atoms with Gasteiger partial charge in [0.05, 0.1) is 42.2 Å². The van der Waals surface area contributed by atoms with Crippen molar-refractivity contribution in [1.82, 2.24) is 9.88 Å². The number of likely N-dealkylation sites (tertiary alicyclic amines) is 1.